The van der Waals surface area contributed by atoms with Gasteiger partial charge in [0, 0.05) is 20.1 Å². The van der Waals surface area contributed by atoms with Gasteiger partial charge in [0.2, 0.25) is 0 Å². The van der Waals surface area contributed by atoms with Gasteiger partial charge < -0.3 is 5.32 Å². The average Bonchev–Trinajstić information content (AvgIpc) is 2.81. The van der Waals surface area contributed by atoms with Gasteiger partial charge in [0.15, 0.2) is 0 Å². The Hall–Kier alpha value is -0.290. The van der Waals surface area contributed by atoms with E-state index in [4.69, 9.17) is 11.6 Å². The van der Waals surface area contributed by atoms with Gasteiger partial charge in [-0.3, -0.25) is 9.58 Å². The minimum Gasteiger partial charge on any atom is -0.319 e. The van der Waals surface area contributed by atoms with Gasteiger partial charge >= 0.3 is 0 Å². The van der Waals surface area contributed by atoms with Crippen LogP contribution in [0.1, 0.15) is 12.1 Å². The van der Waals surface area contributed by atoms with Crippen LogP contribution in [-0.4, -0.2) is 41.4 Å². The predicted octanol–water partition coefficient (Wildman–Crippen LogP) is 1.54. The molecule has 0 radical (unpaired) electrons. The topological polar surface area (TPSA) is 33.1 Å². The number of aryl methyl sites for hydroxylation is 1. The fourth-order valence-electron chi connectivity index (χ4n) is 2.34. The number of nitrogens with one attached hydrogen (secondary N) is 1. The molecule has 0 saturated carbocycles. The highest BCUT2D eigenvalue weighted by Crippen LogP contribution is 2.21. The monoisotopic (exact) mass is 278 g/mol. The molecule has 1 atom stereocenters. The maximum atomic E-state index is 6.10. The van der Waals surface area contributed by atoms with Crippen molar-refractivity contribution in [3.8, 4) is 0 Å². The molecule has 0 aliphatic carbocycles. The number of halogens is 2. The first-order valence-corrected chi connectivity index (χ1v) is 6.12. The van der Waals surface area contributed by atoms with E-state index in [0.717, 1.165) is 42.8 Å². The molecular formula is C11H20Cl2N4. The Morgan fingerprint density at radius 3 is 2.94 bits per heavy atom. The Labute approximate surface area is 114 Å². The van der Waals surface area contributed by atoms with E-state index in [0.29, 0.717) is 0 Å². The van der Waals surface area contributed by atoms with Crippen molar-refractivity contribution in [3.05, 3.63) is 16.9 Å². The Morgan fingerprint density at radius 2 is 2.35 bits per heavy atom. The molecule has 1 aromatic rings. The maximum Gasteiger partial charge on any atom is 0.0831 e. The molecule has 1 N–H and O–H groups in total. The van der Waals surface area contributed by atoms with Crippen LogP contribution in [0.4, 0.5) is 0 Å². The van der Waals surface area contributed by atoms with E-state index in [1.165, 1.54) is 6.42 Å². The minimum atomic E-state index is 0. The van der Waals surface area contributed by atoms with Crippen LogP contribution < -0.4 is 5.32 Å². The van der Waals surface area contributed by atoms with Crippen LogP contribution in [-0.2, 0) is 13.6 Å². The van der Waals surface area contributed by atoms with Gasteiger partial charge in [-0.15, -0.1) is 12.4 Å². The largest absolute Gasteiger partial charge is 0.319 e. The van der Waals surface area contributed by atoms with Gasteiger partial charge in [0.1, 0.15) is 0 Å². The first-order chi connectivity index (χ1) is 7.70. The smallest absolute Gasteiger partial charge is 0.0831 e. The fraction of sp³-hybridized carbons (Fsp3) is 0.727. The third-order valence-corrected chi connectivity index (χ3v) is 3.56. The van der Waals surface area contributed by atoms with Crippen molar-refractivity contribution >= 4 is 24.0 Å². The summed E-state index contributed by atoms with van der Waals surface area (Å²) in [6.45, 7) is 4.33. The Balaban J connectivity index is 0.00000144. The molecule has 2 rings (SSSR count). The van der Waals surface area contributed by atoms with E-state index in [2.05, 4.69) is 15.3 Å². The maximum absolute atomic E-state index is 6.10. The van der Waals surface area contributed by atoms with Gasteiger partial charge in [0.25, 0.3) is 0 Å². The zero-order chi connectivity index (χ0) is 11.5. The van der Waals surface area contributed by atoms with Crippen LogP contribution in [0.3, 0.4) is 0 Å². The van der Waals surface area contributed by atoms with Gasteiger partial charge in [-0.25, -0.2) is 0 Å². The zero-order valence-electron chi connectivity index (χ0n) is 10.3. The number of aromatic nitrogens is 2. The van der Waals surface area contributed by atoms with E-state index in [-0.39, 0.29) is 12.4 Å². The molecule has 2 heterocycles. The summed E-state index contributed by atoms with van der Waals surface area (Å²) >= 11 is 6.10. The minimum absolute atomic E-state index is 0. The van der Waals surface area contributed by atoms with E-state index in [1.54, 1.807) is 6.20 Å². The molecule has 1 fully saturated rings. The first-order valence-electron chi connectivity index (χ1n) is 5.74. The fourth-order valence-corrected chi connectivity index (χ4v) is 2.56. The Morgan fingerprint density at radius 1 is 1.59 bits per heavy atom. The van der Waals surface area contributed by atoms with Gasteiger partial charge in [0.05, 0.1) is 16.9 Å². The molecule has 6 heteroatoms. The molecule has 0 spiro atoms. The molecular weight excluding hydrogens is 259 g/mol. The molecule has 0 bridgehead atoms. The van der Waals surface area contributed by atoms with Gasteiger partial charge in [-0.05, 0) is 32.5 Å². The zero-order valence-corrected chi connectivity index (χ0v) is 11.9. The van der Waals surface area contributed by atoms with Crippen molar-refractivity contribution < 1.29 is 0 Å². The van der Waals surface area contributed by atoms with Gasteiger partial charge in [-0.2, -0.15) is 5.10 Å². The number of hydrogen-bond acceptors (Lipinski definition) is 3. The summed E-state index contributed by atoms with van der Waals surface area (Å²) in [4.78, 5) is 2.45. The molecule has 17 heavy (non-hydrogen) atoms. The highest BCUT2D eigenvalue weighted by molar-refractivity contribution is 6.31. The highest BCUT2D eigenvalue weighted by Gasteiger charge is 2.23. The second kappa shape index (κ2) is 6.59. The quantitative estimate of drug-likeness (QED) is 0.907. The molecule has 1 unspecified atom stereocenters. The van der Waals surface area contributed by atoms with E-state index in [1.807, 2.05) is 18.8 Å². The van der Waals surface area contributed by atoms with Crippen LogP contribution in [0.25, 0.3) is 0 Å². The van der Waals surface area contributed by atoms with Crippen LogP contribution in [0.15, 0.2) is 6.20 Å². The molecule has 1 aliphatic heterocycles. The summed E-state index contributed by atoms with van der Waals surface area (Å²) in [7, 11) is 3.96. The van der Waals surface area contributed by atoms with E-state index < -0.39 is 0 Å². The average molecular weight is 279 g/mol. The summed E-state index contributed by atoms with van der Waals surface area (Å²) in [5.74, 6) is 0.775. The first kappa shape index (κ1) is 14.8. The van der Waals surface area contributed by atoms with Gasteiger partial charge in [-0.1, -0.05) is 11.6 Å². The van der Waals surface area contributed by atoms with Crippen LogP contribution in [0.5, 0.6) is 0 Å². The Bertz CT molecular complexity index is 334. The van der Waals surface area contributed by atoms with Crippen LogP contribution in [0, 0.1) is 5.92 Å². The molecule has 0 amide bonds. The van der Waals surface area contributed by atoms with Crippen molar-refractivity contribution in [1.82, 2.24) is 20.0 Å². The second-order valence-electron chi connectivity index (χ2n) is 4.51. The lowest BCUT2D eigenvalue weighted by Gasteiger charge is -2.16. The lowest BCUT2D eigenvalue weighted by molar-refractivity contribution is 0.306. The number of rotatable bonds is 4. The van der Waals surface area contributed by atoms with Crippen LogP contribution >= 0.6 is 24.0 Å². The van der Waals surface area contributed by atoms with Crippen LogP contribution in [0.2, 0.25) is 5.02 Å². The number of hydrogen-bond donors (Lipinski definition) is 1. The predicted molar refractivity (Wildman–Crippen MR) is 72.8 cm³/mol. The van der Waals surface area contributed by atoms with Crippen molar-refractivity contribution in [2.24, 2.45) is 13.0 Å². The lowest BCUT2D eigenvalue weighted by atomic mass is 10.1. The third kappa shape index (κ3) is 3.58. The number of likely N-dealkylation sites (tertiary alicyclic amines) is 1. The lowest BCUT2D eigenvalue weighted by Crippen LogP contribution is -2.25. The molecule has 1 saturated heterocycles. The summed E-state index contributed by atoms with van der Waals surface area (Å²) < 4.78 is 1.87. The van der Waals surface area contributed by atoms with Crippen molar-refractivity contribution in [2.75, 3.05) is 26.7 Å². The molecule has 4 nitrogen and oxygen atoms in total. The van der Waals surface area contributed by atoms with Crippen molar-refractivity contribution in [3.63, 3.8) is 0 Å². The standard InChI is InChI=1S/C11H19ClN4.ClH/c1-13-5-9-3-4-16(7-9)8-11-10(12)6-14-15(11)2;/h6,9,13H,3-5,7-8H2,1-2H3;1H. The third-order valence-electron chi connectivity index (χ3n) is 3.25. The SMILES string of the molecule is CNCC1CCN(Cc2c(Cl)cnn2C)C1.Cl. The summed E-state index contributed by atoms with van der Waals surface area (Å²) in [6.07, 6.45) is 2.99. The molecule has 0 aromatic carbocycles. The van der Waals surface area contributed by atoms with Crippen molar-refractivity contribution in [1.29, 1.82) is 0 Å². The highest BCUT2D eigenvalue weighted by atomic mass is 35.5. The summed E-state index contributed by atoms with van der Waals surface area (Å²) in [5.41, 5.74) is 1.12. The number of nitrogens with zero attached hydrogens (tertiary/aromatic N) is 3. The summed E-state index contributed by atoms with van der Waals surface area (Å²) in [5, 5.41) is 8.18. The van der Waals surface area contributed by atoms with E-state index in [9.17, 15) is 0 Å². The molecule has 1 aliphatic rings. The Kier molecular flexibility index (Phi) is 5.73. The summed E-state index contributed by atoms with van der Waals surface area (Å²) in [6, 6.07) is 0. The van der Waals surface area contributed by atoms with Crippen molar-refractivity contribution in [2.45, 2.75) is 13.0 Å². The molecule has 98 valence electrons. The van der Waals surface area contributed by atoms with E-state index >= 15 is 0 Å². The second-order valence-corrected chi connectivity index (χ2v) is 4.92. The molecule has 1 aromatic heterocycles. The normalized spacial score (nSPS) is 20.5.